The quantitative estimate of drug-likeness (QED) is 0.657. The Bertz CT molecular complexity index is 497. The third-order valence-electron chi connectivity index (χ3n) is 2.05. The average Bonchev–Trinajstić information content (AvgIpc) is 2.28. The molecule has 0 spiro atoms. The SMILES string of the molecule is CC(C)(C)OC(=O)Nc1cc(C(=O)CCl)ccc1Br. The highest BCUT2D eigenvalue weighted by molar-refractivity contribution is 9.10. The molecule has 0 unspecified atom stereocenters. The lowest BCUT2D eigenvalue weighted by Crippen LogP contribution is -2.27. The summed E-state index contributed by atoms with van der Waals surface area (Å²) in [6.45, 7) is 5.32. The van der Waals surface area contributed by atoms with Gasteiger partial charge in [0, 0.05) is 10.0 Å². The number of halogens is 2. The Morgan fingerprint density at radius 1 is 1.37 bits per heavy atom. The standard InChI is InChI=1S/C13H15BrClNO3/c1-13(2,3)19-12(18)16-10-6-8(11(17)7-15)4-5-9(10)14/h4-6H,7H2,1-3H3,(H,16,18). The highest BCUT2D eigenvalue weighted by Gasteiger charge is 2.17. The van der Waals surface area contributed by atoms with Crippen molar-refractivity contribution in [3.63, 3.8) is 0 Å². The van der Waals surface area contributed by atoms with Crippen molar-refractivity contribution >= 4 is 45.1 Å². The minimum atomic E-state index is -0.583. The van der Waals surface area contributed by atoms with Crippen molar-refractivity contribution in [3.8, 4) is 0 Å². The number of nitrogens with one attached hydrogen (secondary N) is 1. The molecule has 0 saturated carbocycles. The molecule has 104 valence electrons. The van der Waals surface area contributed by atoms with E-state index in [9.17, 15) is 9.59 Å². The van der Waals surface area contributed by atoms with Gasteiger partial charge >= 0.3 is 6.09 Å². The third kappa shape index (κ3) is 5.20. The molecule has 1 rings (SSSR count). The summed E-state index contributed by atoms with van der Waals surface area (Å²) < 4.78 is 5.80. The number of ketones is 1. The molecule has 0 atom stereocenters. The molecule has 0 fully saturated rings. The highest BCUT2D eigenvalue weighted by atomic mass is 79.9. The number of hydrogen-bond donors (Lipinski definition) is 1. The summed E-state index contributed by atoms with van der Waals surface area (Å²) in [5.74, 6) is -0.311. The Hall–Kier alpha value is -1.07. The fraction of sp³-hybridized carbons (Fsp3) is 0.385. The lowest BCUT2D eigenvalue weighted by Gasteiger charge is -2.20. The summed E-state index contributed by atoms with van der Waals surface area (Å²) in [7, 11) is 0. The zero-order valence-electron chi connectivity index (χ0n) is 10.9. The van der Waals surface area contributed by atoms with Gasteiger partial charge in [0.05, 0.1) is 11.6 Å². The van der Waals surface area contributed by atoms with E-state index in [1.807, 2.05) is 0 Å². The Balaban J connectivity index is 2.88. The molecule has 1 N–H and O–H groups in total. The lowest BCUT2D eigenvalue weighted by atomic mass is 10.1. The maximum Gasteiger partial charge on any atom is 0.412 e. The molecule has 0 aliphatic carbocycles. The number of alkyl halides is 1. The van der Waals surface area contributed by atoms with Crippen LogP contribution in [0.3, 0.4) is 0 Å². The number of Topliss-reactive ketones (excluding diaryl/α,β-unsaturated/α-hetero) is 1. The van der Waals surface area contributed by atoms with Gasteiger partial charge < -0.3 is 4.74 Å². The van der Waals surface area contributed by atoms with Crippen molar-refractivity contribution in [1.82, 2.24) is 0 Å². The number of ether oxygens (including phenoxy) is 1. The van der Waals surface area contributed by atoms with E-state index in [2.05, 4.69) is 21.2 Å². The van der Waals surface area contributed by atoms with Crippen LogP contribution >= 0.6 is 27.5 Å². The van der Waals surface area contributed by atoms with Gasteiger partial charge in [-0.1, -0.05) is 6.07 Å². The molecule has 1 amide bonds. The molecule has 1 aromatic carbocycles. The second kappa shape index (κ2) is 6.39. The van der Waals surface area contributed by atoms with Gasteiger partial charge in [-0.2, -0.15) is 0 Å². The molecule has 0 aliphatic rings. The van der Waals surface area contributed by atoms with E-state index in [1.54, 1.807) is 39.0 Å². The van der Waals surface area contributed by atoms with Gasteiger partial charge in [-0.05, 0) is 48.8 Å². The van der Waals surface area contributed by atoms with Gasteiger partial charge in [0.15, 0.2) is 5.78 Å². The molecule has 0 saturated heterocycles. The molecule has 0 aromatic heterocycles. The van der Waals surface area contributed by atoms with E-state index < -0.39 is 11.7 Å². The first-order valence-electron chi connectivity index (χ1n) is 5.61. The highest BCUT2D eigenvalue weighted by Crippen LogP contribution is 2.24. The van der Waals surface area contributed by atoms with Gasteiger partial charge in [-0.15, -0.1) is 11.6 Å². The fourth-order valence-corrected chi connectivity index (χ4v) is 1.79. The van der Waals surface area contributed by atoms with E-state index >= 15 is 0 Å². The van der Waals surface area contributed by atoms with Crippen molar-refractivity contribution in [1.29, 1.82) is 0 Å². The third-order valence-corrected chi connectivity index (χ3v) is 2.98. The number of carbonyl (C=O) groups is 2. The number of rotatable bonds is 3. The molecule has 19 heavy (non-hydrogen) atoms. The monoisotopic (exact) mass is 347 g/mol. The van der Waals surface area contributed by atoms with Crippen LogP contribution in [0, 0.1) is 0 Å². The first-order chi connectivity index (χ1) is 8.73. The van der Waals surface area contributed by atoms with Crippen LogP contribution in [0.15, 0.2) is 22.7 Å². The fourth-order valence-electron chi connectivity index (χ4n) is 1.29. The topological polar surface area (TPSA) is 55.4 Å². The molecule has 4 nitrogen and oxygen atoms in total. The number of benzene rings is 1. The smallest absolute Gasteiger partial charge is 0.412 e. The van der Waals surface area contributed by atoms with Crippen LogP contribution in [0.1, 0.15) is 31.1 Å². The van der Waals surface area contributed by atoms with Crippen molar-refractivity contribution in [2.45, 2.75) is 26.4 Å². The second-order valence-corrected chi connectivity index (χ2v) is 6.00. The first kappa shape index (κ1) is 16.0. The predicted molar refractivity (Wildman–Crippen MR) is 79.0 cm³/mol. The van der Waals surface area contributed by atoms with Gasteiger partial charge in [0.2, 0.25) is 0 Å². The van der Waals surface area contributed by atoms with E-state index in [1.165, 1.54) is 0 Å². The normalized spacial score (nSPS) is 11.0. The average molecular weight is 349 g/mol. The van der Waals surface area contributed by atoms with Crippen molar-refractivity contribution in [2.24, 2.45) is 0 Å². The van der Waals surface area contributed by atoms with Gasteiger partial charge in [-0.25, -0.2) is 4.79 Å². The second-order valence-electron chi connectivity index (χ2n) is 4.88. The van der Waals surface area contributed by atoms with Crippen molar-refractivity contribution < 1.29 is 14.3 Å². The van der Waals surface area contributed by atoms with Crippen LogP contribution in [-0.2, 0) is 4.74 Å². The van der Waals surface area contributed by atoms with E-state index in [0.29, 0.717) is 15.7 Å². The van der Waals surface area contributed by atoms with Gasteiger partial charge in [0.1, 0.15) is 5.60 Å². The van der Waals surface area contributed by atoms with Crippen LogP contribution in [0.2, 0.25) is 0 Å². The summed E-state index contributed by atoms with van der Waals surface area (Å²) in [5.41, 5.74) is 0.314. The molecule has 0 aliphatic heterocycles. The lowest BCUT2D eigenvalue weighted by molar-refractivity contribution is 0.0635. The van der Waals surface area contributed by atoms with Crippen molar-refractivity contribution in [2.75, 3.05) is 11.2 Å². The van der Waals surface area contributed by atoms with Crippen LogP contribution < -0.4 is 5.32 Å². The minimum Gasteiger partial charge on any atom is -0.444 e. The van der Waals surface area contributed by atoms with Gasteiger partial charge in [0.25, 0.3) is 0 Å². The molecule has 1 aromatic rings. The first-order valence-corrected chi connectivity index (χ1v) is 6.94. The van der Waals surface area contributed by atoms with Gasteiger partial charge in [-0.3, -0.25) is 10.1 Å². The summed E-state index contributed by atoms with van der Waals surface area (Å²) in [6.07, 6.45) is -0.580. The molecule has 0 radical (unpaired) electrons. The Morgan fingerprint density at radius 2 is 2.00 bits per heavy atom. The zero-order valence-corrected chi connectivity index (χ0v) is 13.3. The molecule has 6 heteroatoms. The summed E-state index contributed by atoms with van der Waals surface area (Å²) in [6, 6.07) is 4.86. The van der Waals surface area contributed by atoms with Crippen LogP contribution in [0.25, 0.3) is 0 Å². The molecule has 0 heterocycles. The Labute approximate surface area is 125 Å². The minimum absolute atomic E-state index is 0.104. The Morgan fingerprint density at radius 3 is 2.53 bits per heavy atom. The van der Waals surface area contributed by atoms with E-state index in [0.717, 1.165) is 0 Å². The van der Waals surface area contributed by atoms with Crippen LogP contribution in [0.4, 0.5) is 10.5 Å². The zero-order chi connectivity index (χ0) is 14.6. The van der Waals surface area contributed by atoms with E-state index in [4.69, 9.17) is 16.3 Å². The predicted octanol–water partition coefficient (Wildman–Crippen LogP) is 4.22. The largest absolute Gasteiger partial charge is 0.444 e. The summed E-state index contributed by atoms with van der Waals surface area (Å²) >= 11 is 8.79. The number of anilines is 1. The molecular formula is C13H15BrClNO3. The van der Waals surface area contributed by atoms with Crippen molar-refractivity contribution in [3.05, 3.63) is 28.2 Å². The summed E-state index contributed by atoms with van der Waals surface area (Å²) in [5, 5.41) is 2.58. The maximum absolute atomic E-state index is 11.7. The number of hydrogen-bond acceptors (Lipinski definition) is 3. The van der Waals surface area contributed by atoms with Crippen LogP contribution in [0.5, 0.6) is 0 Å². The molecular weight excluding hydrogens is 334 g/mol. The van der Waals surface area contributed by atoms with Crippen LogP contribution in [-0.4, -0.2) is 23.4 Å². The number of carbonyl (C=O) groups excluding carboxylic acids is 2. The maximum atomic E-state index is 11.7. The summed E-state index contributed by atoms with van der Waals surface area (Å²) in [4.78, 5) is 23.2. The van der Waals surface area contributed by atoms with E-state index in [-0.39, 0.29) is 11.7 Å². The molecule has 0 bridgehead atoms. The Kier molecular flexibility index (Phi) is 5.38. The number of amides is 1.